The summed E-state index contributed by atoms with van der Waals surface area (Å²) in [5.41, 5.74) is 0.909. The normalized spacial score (nSPS) is 10.8. The summed E-state index contributed by atoms with van der Waals surface area (Å²) in [7, 11) is 1.63. The molecular formula is C14H20ClNO3. The summed E-state index contributed by atoms with van der Waals surface area (Å²) in [4.78, 5) is 13.3. The largest absolute Gasteiger partial charge is 0.478 e. The van der Waals surface area contributed by atoms with E-state index in [0.717, 1.165) is 6.54 Å². The molecule has 0 spiro atoms. The van der Waals surface area contributed by atoms with Crippen LogP contribution >= 0.6 is 11.6 Å². The molecule has 0 heterocycles. The Morgan fingerprint density at radius 3 is 2.68 bits per heavy atom. The molecule has 0 aromatic heterocycles. The number of benzene rings is 1. The van der Waals surface area contributed by atoms with Gasteiger partial charge in [-0.15, -0.1) is 0 Å². The molecule has 0 fully saturated rings. The fraction of sp³-hybridized carbons (Fsp3) is 0.500. The maximum Gasteiger partial charge on any atom is 0.337 e. The van der Waals surface area contributed by atoms with Crippen molar-refractivity contribution in [3.63, 3.8) is 0 Å². The van der Waals surface area contributed by atoms with Crippen LogP contribution in [0.3, 0.4) is 0 Å². The number of rotatable bonds is 7. The minimum atomic E-state index is -0.969. The van der Waals surface area contributed by atoms with Gasteiger partial charge in [-0.1, -0.05) is 25.4 Å². The summed E-state index contributed by atoms with van der Waals surface area (Å²) in [6, 6.07) is 4.95. The number of nitrogens with zero attached hydrogens (tertiary/aromatic N) is 1. The van der Waals surface area contributed by atoms with Gasteiger partial charge in [0, 0.05) is 25.2 Å². The van der Waals surface area contributed by atoms with Crippen molar-refractivity contribution in [3.05, 3.63) is 28.8 Å². The molecule has 0 bridgehead atoms. The zero-order chi connectivity index (χ0) is 14.4. The smallest absolute Gasteiger partial charge is 0.337 e. The molecule has 0 atom stereocenters. The number of aromatic carboxylic acids is 1. The second kappa shape index (κ2) is 7.36. The van der Waals surface area contributed by atoms with Crippen LogP contribution in [-0.2, 0) is 4.74 Å². The quantitative estimate of drug-likeness (QED) is 0.836. The van der Waals surface area contributed by atoms with Crippen molar-refractivity contribution in [2.75, 3.05) is 31.7 Å². The summed E-state index contributed by atoms with van der Waals surface area (Å²) in [5, 5.41) is 9.71. The molecule has 0 unspecified atom stereocenters. The van der Waals surface area contributed by atoms with E-state index >= 15 is 0 Å². The van der Waals surface area contributed by atoms with Crippen LogP contribution in [0.4, 0.5) is 5.69 Å². The Labute approximate surface area is 118 Å². The third-order valence-electron chi connectivity index (χ3n) is 2.68. The molecular weight excluding hydrogens is 266 g/mol. The van der Waals surface area contributed by atoms with Crippen LogP contribution < -0.4 is 4.90 Å². The Balaban J connectivity index is 3.09. The molecule has 1 aromatic rings. The van der Waals surface area contributed by atoms with Crippen molar-refractivity contribution in [1.82, 2.24) is 0 Å². The van der Waals surface area contributed by atoms with Gasteiger partial charge in [0.25, 0.3) is 0 Å². The molecule has 0 aliphatic rings. The van der Waals surface area contributed by atoms with Crippen LogP contribution in [0.25, 0.3) is 0 Å². The van der Waals surface area contributed by atoms with Crippen molar-refractivity contribution < 1.29 is 14.6 Å². The fourth-order valence-electron chi connectivity index (χ4n) is 1.91. The zero-order valence-electron chi connectivity index (χ0n) is 11.5. The van der Waals surface area contributed by atoms with Gasteiger partial charge in [-0.05, 0) is 24.1 Å². The standard InChI is InChI=1S/C14H20ClNO3/c1-10(2)9-16(6-7-19-3)13-5-4-11(15)8-12(13)14(17)18/h4-5,8,10H,6-7,9H2,1-3H3,(H,17,18). The zero-order valence-corrected chi connectivity index (χ0v) is 12.3. The first-order chi connectivity index (χ1) is 8.95. The number of halogens is 1. The number of carbonyl (C=O) groups is 1. The van der Waals surface area contributed by atoms with Crippen molar-refractivity contribution in [3.8, 4) is 0 Å². The topological polar surface area (TPSA) is 49.8 Å². The number of anilines is 1. The SMILES string of the molecule is COCCN(CC(C)C)c1ccc(Cl)cc1C(=O)O. The third kappa shape index (κ3) is 4.73. The van der Waals surface area contributed by atoms with E-state index < -0.39 is 5.97 Å². The number of hydrogen-bond acceptors (Lipinski definition) is 3. The lowest BCUT2D eigenvalue weighted by atomic mass is 10.1. The summed E-state index contributed by atoms with van der Waals surface area (Å²) in [6.07, 6.45) is 0. The van der Waals surface area contributed by atoms with Crippen molar-refractivity contribution in [2.45, 2.75) is 13.8 Å². The lowest BCUT2D eigenvalue weighted by Gasteiger charge is -2.27. The highest BCUT2D eigenvalue weighted by atomic mass is 35.5. The average Bonchev–Trinajstić information content (AvgIpc) is 2.34. The van der Waals surface area contributed by atoms with Crippen LogP contribution in [-0.4, -0.2) is 37.9 Å². The maximum atomic E-state index is 11.3. The Morgan fingerprint density at radius 1 is 1.47 bits per heavy atom. The van der Waals surface area contributed by atoms with E-state index in [0.29, 0.717) is 29.8 Å². The Hall–Kier alpha value is -1.26. The van der Waals surface area contributed by atoms with E-state index in [1.807, 2.05) is 4.90 Å². The van der Waals surface area contributed by atoms with Gasteiger partial charge in [0.2, 0.25) is 0 Å². The Morgan fingerprint density at radius 2 is 2.16 bits per heavy atom. The van der Waals surface area contributed by atoms with Crippen molar-refractivity contribution >= 4 is 23.3 Å². The van der Waals surface area contributed by atoms with Gasteiger partial charge in [0.05, 0.1) is 17.9 Å². The molecule has 1 N–H and O–H groups in total. The minimum absolute atomic E-state index is 0.226. The van der Waals surface area contributed by atoms with Gasteiger partial charge in [0.1, 0.15) is 0 Å². The van der Waals surface area contributed by atoms with E-state index in [9.17, 15) is 9.90 Å². The van der Waals surface area contributed by atoms with Crippen molar-refractivity contribution in [2.24, 2.45) is 5.92 Å². The molecule has 0 aliphatic carbocycles. The lowest BCUT2D eigenvalue weighted by molar-refractivity contribution is 0.0697. The molecule has 0 aliphatic heterocycles. The number of hydrogen-bond donors (Lipinski definition) is 1. The summed E-state index contributed by atoms with van der Waals surface area (Å²) in [6.45, 7) is 6.16. The molecule has 1 rings (SSSR count). The molecule has 0 saturated carbocycles. The first-order valence-electron chi connectivity index (χ1n) is 6.22. The Bertz CT molecular complexity index is 435. The van der Waals surface area contributed by atoms with E-state index in [2.05, 4.69) is 13.8 Å². The van der Waals surface area contributed by atoms with Gasteiger partial charge >= 0.3 is 5.97 Å². The van der Waals surface area contributed by atoms with Gasteiger partial charge in [-0.25, -0.2) is 4.79 Å². The van der Waals surface area contributed by atoms with Gasteiger partial charge in [-0.3, -0.25) is 0 Å². The average molecular weight is 286 g/mol. The molecule has 4 nitrogen and oxygen atoms in total. The highest BCUT2D eigenvalue weighted by Crippen LogP contribution is 2.25. The number of methoxy groups -OCH3 is 1. The molecule has 0 saturated heterocycles. The van der Waals surface area contributed by atoms with E-state index in [4.69, 9.17) is 16.3 Å². The molecule has 0 amide bonds. The summed E-state index contributed by atoms with van der Waals surface area (Å²) < 4.78 is 5.08. The predicted molar refractivity (Wildman–Crippen MR) is 77.3 cm³/mol. The number of carboxylic acids is 1. The van der Waals surface area contributed by atoms with Crippen molar-refractivity contribution in [1.29, 1.82) is 0 Å². The molecule has 106 valence electrons. The van der Waals surface area contributed by atoms with Crippen LogP contribution in [0.15, 0.2) is 18.2 Å². The van der Waals surface area contributed by atoms with Crippen LogP contribution in [0.5, 0.6) is 0 Å². The molecule has 19 heavy (non-hydrogen) atoms. The second-order valence-corrected chi connectivity index (χ2v) is 5.24. The Kier molecular flexibility index (Phi) is 6.12. The van der Waals surface area contributed by atoms with Crippen LogP contribution in [0, 0.1) is 5.92 Å². The van der Waals surface area contributed by atoms with Crippen LogP contribution in [0.1, 0.15) is 24.2 Å². The lowest BCUT2D eigenvalue weighted by Crippen LogP contribution is -2.32. The fourth-order valence-corrected chi connectivity index (χ4v) is 2.08. The second-order valence-electron chi connectivity index (χ2n) is 4.80. The molecule has 5 heteroatoms. The molecule has 1 aromatic carbocycles. The predicted octanol–water partition coefficient (Wildman–Crippen LogP) is 3.15. The molecule has 0 radical (unpaired) electrons. The number of carboxylic acid groups (broad SMARTS) is 1. The van der Waals surface area contributed by atoms with E-state index in [-0.39, 0.29) is 5.56 Å². The van der Waals surface area contributed by atoms with Gasteiger partial charge < -0.3 is 14.7 Å². The number of ether oxygens (including phenoxy) is 1. The van der Waals surface area contributed by atoms with E-state index in [1.54, 1.807) is 19.2 Å². The highest BCUT2D eigenvalue weighted by Gasteiger charge is 2.17. The first-order valence-corrected chi connectivity index (χ1v) is 6.60. The maximum absolute atomic E-state index is 11.3. The monoisotopic (exact) mass is 285 g/mol. The first kappa shape index (κ1) is 15.8. The minimum Gasteiger partial charge on any atom is -0.478 e. The van der Waals surface area contributed by atoms with E-state index in [1.165, 1.54) is 6.07 Å². The van der Waals surface area contributed by atoms with Crippen LogP contribution in [0.2, 0.25) is 5.02 Å². The third-order valence-corrected chi connectivity index (χ3v) is 2.92. The van der Waals surface area contributed by atoms with Gasteiger partial charge in [0.15, 0.2) is 0 Å². The summed E-state index contributed by atoms with van der Waals surface area (Å²) in [5.74, 6) is -0.544. The van der Waals surface area contributed by atoms with Gasteiger partial charge in [-0.2, -0.15) is 0 Å². The highest BCUT2D eigenvalue weighted by molar-refractivity contribution is 6.31. The summed E-state index contributed by atoms with van der Waals surface area (Å²) >= 11 is 5.87.